The number of hydrogen-bond donors (Lipinski definition) is 1. The molecule has 0 atom stereocenters. The Morgan fingerprint density at radius 1 is 1.06 bits per heavy atom. The van der Waals surface area contributed by atoms with Crippen molar-refractivity contribution in [3.63, 3.8) is 0 Å². The number of carbonyl (C=O) groups is 1. The Kier molecular flexibility index (Phi) is 5.60. The van der Waals surface area contributed by atoms with Crippen LogP contribution in [0.5, 0.6) is 0 Å². The van der Waals surface area contributed by atoms with E-state index in [9.17, 15) is 4.79 Å². The maximum atomic E-state index is 12.5. The van der Waals surface area contributed by atoms with Crippen molar-refractivity contribution in [2.24, 2.45) is 0 Å². The van der Waals surface area contributed by atoms with Crippen LogP contribution < -0.4 is 0 Å². The largest absolute Gasteiger partial charge is 0.378 e. The molecule has 162 valence electrons. The average molecular weight is 428 g/mol. The first-order valence-corrected chi connectivity index (χ1v) is 10.8. The summed E-state index contributed by atoms with van der Waals surface area (Å²) in [7, 11) is 0. The predicted molar refractivity (Wildman–Crippen MR) is 121 cm³/mol. The van der Waals surface area contributed by atoms with Gasteiger partial charge in [0.2, 0.25) is 5.91 Å². The minimum atomic E-state index is 0.156. The lowest BCUT2D eigenvalue weighted by Crippen LogP contribution is -2.40. The molecule has 0 spiro atoms. The number of morpholine rings is 1. The van der Waals surface area contributed by atoms with Crippen molar-refractivity contribution < 1.29 is 9.53 Å². The highest BCUT2D eigenvalue weighted by molar-refractivity contribution is 5.83. The van der Waals surface area contributed by atoms with E-state index in [2.05, 4.69) is 20.2 Å². The van der Waals surface area contributed by atoms with Gasteiger partial charge in [0.15, 0.2) is 0 Å². The lowest BCUT2D eigenvalue weighted by Gasteiger charge is -2.26. The third kappa shape index (κ3) is 4.22. The maximum absolute atomic E-state index is 12.5. The van der Waals surface area contributed by atoms with E-state index < -0.39 is 0 Å². The van der Waals surface area contributed by atoms with E-state index in [1.54, 1.807) is 6.20 Å². The van der Waals surface area contributed by atoms with Gasteiger partial charge in [0.05, 0.1) is 47.5 Å². The van der Waals surface area contributed by atoms with Crippen LogP contribution in [0.2, 0.25) is 0 Å². The summed E-state index contributed by atoms with van der Waals surface area (Å²) < 4.78 is 5.32. The Hall–Kier alpha value is -3.65. The quantitative estimate of drug-likeness (QED) is 0.524. The molecule has 5 heterocycles. The summed E-state index contributed by atoms with van der Waals surface area (Å²) in [5.41, 5.74) is 6.89. The van der Waals surface area contributed by atoms with Gasteiger partial charge >= 0.3 is 0 Å². The molecule has 8 heteroatoms. The van der Waals surface area contributed by atoms with Crippen LogP contribution in [0.4, 0.5) is 0 Å². The van der Waals surface area contributed by atoms with Crippen LogP contribution in [0.25, 0.3) is 33.7 Å². The van der Waals surface area contributed by atoms with Gasteiger partial charge in [-0.1, -0.05) is 6.07 Å². The molecule has 0 unspecified atom stereocenters. The number of aromatic amines is 1. The Bertz CT molecular complexity index is 1260. The van der Waals surface area contributed by atoms with Gasteiger partial charge < -0.3 is 9.64 Å². The van der Waals surface area contributed by atoms with Crippen LogP contribution in [-0.2, 0) is 16.0 Å². The van der Waals surface area contributed by atoms with Gasteiger partial charge in [0.1, 0.15) is 0 Å². The first-order valence-electron chi connectivity index (χ1n) is 10.8. The molecule has 0 bridgehead atoms. The molecule has 1 amide bonds. The highest BCUT2D eigenvalue weighted by Gasteiger charge is 2.17. The minimum absolute atomic E-state index is 0.156. The summed E-state index contributed by atoms with van der Waals surface area (Å²) >= 11 is 0. The van der Waals surface area contributed by atoms with Gasteiger partial charge in [0, 0.05) is 37.0 Å². The van der Waals surface area contributed by atoms with Crippen molar-refractivity contribution in [1.82, 2.24) is 30.0 Å². The zero-order chi connectivity index (χ0) is 21.9. The van der Waals surface area contributed by atoms with Crippen LogP contribution >= 0.6 is 0 Å². The number of nitrogens with zero attached hydrogens (tertiary/aromatic N) is 5. The Balaban J connectivity index is 1.39. The van der Waals surface area contributed by atoms with Crippen molar-refractivity contribution >= 4 is 16.9 Å². The van der Waals surface area contributed by atoms with E-state index in [-0.39, 0.29) is 5.91 Å². The summed E-state index contributed by atoms with van der Waals surface area (Å²) in [5.74, 6) is 0.156. The normalized spacial score (nSPS) is 14.1. The second-order valence-corrected chi connectivity index (χ2v) is 7.89. The summed E-state index contributed by atoms with van der Waals surface area (Å²) in [4.78, 5) is 28.3. The van der Waals surface area contributed by atoms with E-state index >= 15 is 0 Å². The summed E-state index contributed by atoms with van der Waals surface area (Å²) in [6.07, 6.45) is 4.69. The number of rotatable bonds is 5. The smallest absolute Gasteiger partial charge is 0.223 e. The zero-order valence-electron chi connectivity index (χ0n) is 17.9. The number of aromatic nitrogens is 5. The molecule has 1 fully saturated rings. The van der Waals surface area contributed by atoms with E-state index in [0.717, 1.165) is 44.9 Å². The molecule has 0 saturated carbocycles. The van der Waals surface area contributed by atoms with Gasteiger partial charge in [-0.25, -0.2) is 4.98 Å². The van der Waals surface area contributed by atoms with E-state index in [0.29, 0.717) is 39.1 Å². The van der Waals surface area contributed by atoms with Crippen LogP contribution in [0.15, 0.2) is 48.8 Å². The van der Waals surface area contributed by atoms with Crippen LogP contribution in [0.1, 0.15) is 17.7 Å². The molecule has 1 saturated heterocycles. The first-order chi connectivity index (χ1) is 15.7. The molecule has 1 aliphatic heterocycles. The Labute approximate surface area is 185 Å². The standard InChI is InChI=1S/C24H24N6O2/c1-16-3-2-4-21(27-16)24-18(15-26-29-24)19-6-7-20-22(28-19)13-17(14-25-20)5-8-23(31)30-9-11-32-12-10-30/h2-4,6-7,13-15H,5,8-12H2,1H3,(H,26,29). The third-order valence-electron chi connectivity index (χ3n) is 5.65. The lowest BCUT2D eigenvalue weighted by molar-refractivity contribution is -0.135. The maximum Gasteiger partial charge on any atom is 0.223 e. The fourth-order valence-corrected chi connectivity index (χ4v) is 3.92. The second-order valence-electron chi connectivity index (χ2n) is 7.89. The average Bonchev–Trinajstić information content (AvgIpc) is 3.33. The SMILES string of the molecule is Cc1cccc(-c2[nH]ncc2-c2ccc3ncc(CCC(=O)N4CCOCC4)cc3n2)n1. The monoisotopic (exact) mass is 428 g/mol. The fraction of sp³-hybridized carbons (Fsp3) is 0.292. The number of hydrogen-bond acceptors (Lipinski definition) is 6. The summed E-state index contributed by atoms with van der Waals surface area (Å²) in [6.45, 7) is 4.53. The van der Waals surface area contributed by atoms with Crippen molar-refractivity contribution in [2.45, 2.75) is 19.8 Å². The number of fused-ring (bicyclic) bond motifs is 1. The highest BCUT2D eigenvalue weighted by atomic mass is 16.5. The Morgan fingerprint density at radius 2 is 1.94 bits per heavy atom. The molecular weight excluding hydrogens is 404 g/mol. The number of carbonyl (C=O) groups excluding carboxylic acids is 1. The number of amides is 1. The minimum Gasteiger partial charge on any atom is -0.378 e. The number of H-pyrrole nitrogens is 1. The molecule has 8 nitrogen and oxygen atoms in total. The van der Waals surface area contributed by atoms with Gasteiger partial charge in [0.25, 0.3) is 0 Å². The number of pyridine rings is 3. The predicted octanol–water partition coefficient (Wildman–Crippen LogP) is 3.18. The van der Waals surface area contributed by atoms with E-state index in [4.69, 9.17) is 9.72 Å². The van der Waals surface area contributed by atoms with Gasteiger partial charge in [-0.3, -0.25) is 19.9 Å². The van der Waals surface area contributed by atoms with Crippen LogP contribution in [-0.4, -0.2) is 62.3 Å². The van der Waals surface area contributed by atoms with Crippen molar-refractivity contribution in [1.29, 1.82) is 0 Å². The topological polar surface area (TPSA) is 96.9 Å². The third-order valence-corrected chi connectivity index (χ3v) is 5.65. The molecule has 5 rings (SSSR count). The molecule has 4 aromatic rings. The summed E-state index contributed by atoms with van der Waals surface area (Å²) in [5, 5.41) is 7.28. The molecule has 0 aliphatic carbocycles. The molecule has 4 aromatic heterocycles. The Morgan fingerprint density at radius 3 is 2.78 bits per heavy atom. The molecule has 32 heavy (non-hydrogen) atoms. The number of ether oxygens (including phenoxy) is 1. The van der Waals surface area contributed by atoms with Crippen molar-refractivity contribution in [3.05, 3.63) is 60.0 Å². The van der Waals surface area contributed by atoms with Crippen molar-refractivity contribution in [2.75, 3.05) is 26.3 Å². The number of nitrogens with one attached hydrogen (secondary N) is 1. The molecular formula is C24H24N6O2. The molecule has 1 N–H and O–H groups in total. The molecule has 0 aromatic carbocycles. The van der Waals surface area contributed by atoms with Crippen LogP contribution in [0.3, 0.4) is 0 Å². The lowest BCUT2D eigenvalue weighted by atomic mass is 10.1. The van der Waals surface area contributed by atoms with Crippen LogP contribution in [0, 0.1) is 6.92 Å². The zero-order valence-corrected chi connectivity index (χ0v) is 17.9. The van der Waals surface area contributed by atoms with Crippen molar-refractivity contribution in [3.8, 4) is 22.6 Å². The highest BCUT2D eigenvalue weighted by Crippen LogP contribution is 2.29. The van der Waals surface area contributed by atoms with E-state index in [1.807, 2.05) is 54.4 Å². The first kappa shape index (κ1) is 20.3. The number of aryl methyl sites for hydroxylation is 2. The fourth-order valence-electron chi connectivity index (χ4n) is 3.92. The van der Waals surface area contributed by atoms with Gasteiger partial charge in [-0.05, 0) is 49.2 Å². The molecule has 1 aliphatic rings. The van der Waals surface area contributed by atoms with E-state index in [1.165, 1.54) is 0 Å². The molecule has 0 radical (unpaired) electrons. The second kappa shape index (κ2) is 8.84. The van der Waals surface area contributed by atoms with Gasteiger partial charge in [-0.2, -0.15) is 5.10 Å². The van der Waals surface area contributed by atoms with Gasteiger partial charge in [-0.15, -0.1) is 0 Å². The summed E-state index contributed by atoms with van der Waals surface area (Å²) in [6, 6.07) is 11.8.